The van der Waals surface area contributed by atoms with Crippen LogP contribution >= 0.6 is 0 Å². The van der Waals surface area contributed by atoms with Crippen molar-refractivity contribution in [3.8, 4) is 0 Å². The zero-order valence-electron chi connectivity index (χ0n) is 12.1. The van der Waals surface area contributed by atoms with Gasteiger partial charge < -0.3 is 9.31 Å². The summed E-state index contributed by atoms with van der Waals surface area (Å²) in [5.41, 5.74) is 0.0940. The summed E-state index contributed by atoms with van der Waals surface area (Å²) < 4.78 is 26.4. The second kappa shape index (κ2) is 4.27. The number of fused-ring (bicyclic) bond motifs is 1. The Labute approximate surface area is 118 Å². The molecule has 1 fully saturated rings. The molecule has 1 aliphatic rings. The Bertz CT molecular complexity index is 656. The van der Waals surface area contributed by atoms with Crippen LogP contribution in [0.3, 0.4) is 0 Å². The molecule has 0 bridgehead atoms. The van der Waals surface area contributed by atoms with Gasteiger partial charge >= 0.3 is 7.12 Å². The van der Waals surface area contributed by atoms with Gasteiger partial charge in [0.15, 0.2) is 0 Å². The van der Waals surface area contributed by atoms with Gasteiger partial charge in [-0.15, -0.1) is 0 Å². The molecule has 3 nitrogen and oxygen atoms in total. The molecule has 0 atom stereocenters. The standard InChI is InChI=1S/C15H17BFNO2/c1-14(2)15(3,4)20-16(19-14)11-7-8-12-10(13(11)17)6-5-9-18-12/h5-9H,1-4H3. The summed E-state index contributed by atoms with van der Waals surface area (Å²) in [6, 6.07) is 6.91. The van der Waals surface area contributed by atoms with Crippen LogP contribution in [0.5, 0.6) is 0 Å². The molecule has 0 unspecified atom stereocenters. The third-order valence-corrected chi connectivity index (χ3v) is 4.26. The highest BCUT2D eigenvalue weighted by molar-refractivity contribution is 6.62. The summed E-state index contributed by atoms with van der Waals surface area (Å²) in [6.45, 7) is 7.81. The molecule has 0 spiro atoms. The van der Waals surface area contributed by atoms with E-state index in [1.165, 1.54) is 0 Å². The molecule has 1 aliphatic heterocycles. The van der Waals surface area contributed by atoms with E-state index in [1.807, 2.05) is 27.7 Å². The normalized spacial score (nSPS) is 20.6. The minimum absolute atomic E-state index is 0.325. The number of halogens is 1. The average Bonchev–Trinajstić information content (AvgIpc) is 2.59. The summed E-state index contributed by atoms with van der Waals surface area (Å²) in [7, 11) is -0.690. The molecule has 2 aromatic rings. The van der Waals surface area contributed by atoms with Crippen LogP contribution < -0.4 is 5.46 Å². The quantitative estimate of drug-likeness (QED) is 0.748. The molecular formula is C15H17BFNO2. The zero-order valence-corrected chi connectivity index (χ0v) is 12.1. The number of hydrogen-bond acceptors (Lipinski definition) is 3. The first-order valence-electron chi connectivity index (χ1n) is 6.71. The fourth-order valence-corrected chi connectivity index (χ4v) is 2.29. The Morgan fingerprint density at radius 3 is 2.35 bits per heavy atom. The number of pyridine rings is 1. The Balaban J connectivity index is 2.06. The van der Waals surface area contributed by atoms with Crippen LogP contribution in [-0.2, 0) is 9.31 Å². The van der Waals surface area contributed by atoms with Crippen LogP contribution in [0.4, 0.5) is 4.39 Å². The third-order valence-electron chi connectivity index (χ3n) is 4.26. The minimum Gasteiger partial charge on any atom is -0.399 e. The Hall–Kier alpha value is -1.46. The van der Waals surface area contributed by atoms with Gasteiger partial charge in [0.05, 0.1) is 16.7 Å². The third kappa shape index (κ3) is 1.93. The lowest BCUT2D eigenvalue weighted by atomic mass is 9.78. The molecule has 104 valence electrons. The van der Waals surface area contributed by atoms with Gasteiger partial charge in [-0.3, -0.25) is 4.98 Å². The van der Waals surface area contributed by atoms with Gasteiger partial charge in [0.1, 0.15) is 5.82 Å². The summed E-state index contributed by atoms with van der Waals surface area (Å²) in [4.78, 5) is 4.15. The molecule has 3 rings (SSSR count). The first-order chi connectivity index (χ1) is 9.32. The first-order valence-corrected chi connectivity index (χ1v) is 6.71. The molecule has 2 heterocycles. The van der Waals surface area contributed by atoms with E-state index < -0.39 is 18.3 Å². The molecule has 0 aliphatic carbocycles. The Morgan fingerprint density at radius 2 is 1.70 bits per heavy atom. The Kier molecular flexibility index (Phi) is 2.89. The van der Waals surface area contributed by atoms with Crippen LogP contribution in [0, 0.1) is 5.82 Å². The highest BCUT2D eigenvalue weighted by Crippen LogP contribution is 2.36. The first kappa shape index (κ1) is 13.5. The summed E-state index contributed by atoms with van der Waals surface area (Å²) >= 11 is 0. The van der Waals surface area contributed by atoms with Crippen LogP contribution in [0.1, 0.15) is 27.7 Å². The summed E-state index contributed by atoms with van der Waals surface area (Å²) in [6.07, 6.45) is 1.65. The molecule has 0 radical (unpaired) electrons. The largest absolute Gasteiger partial charge is 0.497 e. The minimum atomic E-state index is -0.690. The molecule has 1 aromatic carbocycles. The van der Waals surface area contributed by atoms with Gasteiger partial charge in [-0.25, -0.2) is 4.39 Å². The lowest BCUT2D eigenvalue weighted by molar-refractivity contribution is 0.00578. The zero-order chi connectivity index (χ0) is 14.5. The molecule has 0 N–H and O–H groups in total. The van der Waals surface area contributed by atoms with Crippen molar-refractivity contribution in [2.75, 3.05) is 0 Å². The highest BCUT2D eigenvalue weighted by Gasteiger charge is 2.52. The molecule has 1 saturated heterocycles. The van der Waals surface area contributed by atoms with E-state index in [9.17, 15) is 4.39 Å². The van der Waals surface area contributed by atoms with E-state index in [-0.39, 0.29) is 5.82 Å². The fourth-order valence-electron chi connectivity index (χ4n) is 2.29. The fraction of sp³-hybridized carbons (Fsp3) is 0.400. The van der Waals surface area contributed by atoms with E-state index in [4.69, 9.17) is 9.31 Å². The number of aromatic nitrogens is 1. The van der Waals surface area contributed by atoms with Crippen molar-refractivity contribution in [2.45, 2.75) is 38.9 Å². The molecule has 0 amide bonds. The van der Waals surface area contributed by atoms with Crippen LogP contribution in [-0.4, -0.2) is 23.3 Å². The SMILES string of the molecule is CC1(C)OB(c2ccc3ncccc3c2F)OC1(C)C. The van der Waals surface area contributed by atoms with Crippen LogP contribution in [0.25, 0.3) is 10.9 Å². The predicted molar refractivity (Wildman–Crippen MR) is 77.4 cm³/mol. The van der Waals surface area contributed by atoms with E-state index in [1.54, 1.807) is 30.5 Å². The van der Waals surface area contributed by atoms with Gasteiger partial charge in [0, 0.05) is 17.0 Å². The lowest BCUT2D eigenvalue weighted by Gasteiger charge is -2.32. The van der Waals surface area contributed by atoms with Crippen molar-refractivity contribution in [3.63, 3.8) is 0 Å². The second-order valence-corrected chi connectivity index (χ2v) is 6.13. The van der Waals surface area contributed by atoms with Crippen molar-refractivity contribution < 1.29 is 13.7 Å². The van der Waals surface area contributed by atoms with Crippen molar-refractivity contribution in [1.82, 2.24) is 4.98 Å². The van der Waals surface area contributed by atoms with Crippen molar-refractivity contribution in [3.05, 3.63) is 36.3 Å². The maximum absolute atomic E-state index is 14.6. The number of hydrogen-bond donors (Lipinski definition) is 0. The van der Waals surface area contributed by atoms with Crippen molar-refractivity contribution in [1.29, 1.82) is 0 Å². The molecular weight excluding hydrogens is 256 g/mol. The number of nitrogens with zero attached hydrogens (tertiary/aromatic N) is 1. The second-order valence-electron chi connectivity index (χ2n) is 6.13. The number of rotatable bonds is 1. The van der Waals surface area contributed by atoms with Gasteiger partial charge in [-0.05, 0) is 45.9 Å². The topological polar surface area (TPSA) is 31.4 Å². The van der Waals surface area contributed by atoms with E-state index >= 15 is 0 Å². The molecule has 20 heavy (non-hydrogen) atoms. The van der Waals surface area contributed by atoms with Crippen LogP contribution in [0.2, 0.25) is 0 Å². The number of benzene rings is 1. The average molecular weight is 273 g/mol. The van der Waals surface area contributed by atoms with Crippen molar-refractivity contribution in [2.24, 2.45) is 0 Å². The van der Waals surface area contributed by atoms with E-state index in [2.05, 4.69) is 4.98 Å². The maximum atomic E-state index is 14.6. The van der Waals surface area contributed by atoms with Crippen molar-refractivity contribution >= 4 is 23.5 Å². The monoisotopic (exact) mass is 273 g/mol. The van der Waals surface area contributed by atoms with Gasteiger partial charge in [-0.1, -0.05) is 6.07 Å². The summed E-state index contributed by atoms with van der Waals surface area (Å²) in [5.74, 6) is -0.325. The molecule has 1 aromatic heterocycles. The molecule has 0 saturated carbocycles. The van der Waals surface area contributed by atoms with Gasteiger partial charge in [0.25, 0.3) is 0 Å². The summed E-state index contributed by atoms with van der Waals surface area (Å²) in [5, 5.41) is 0.486. The Morgan fingerprint density at radius 1 is 1.05 bits per heavy atom. The maximum Gasteiger partial charge on any atom is 0.497 e. The molecule has 5 heteroatoms. The lowest BCUT2D eigenvalue weighted by Crippen LogP contribution is -2.41. The van der Waals surface area contributed by atoms with E-state index in [0.29, 0.717) is 16.4 Å². The van der Waals surface area contributed by atoms with E-state index in [0.717, 1.165) is 0 Å². The highest BCUT2D eigenvalue weighted by atomic mass is 19.1. The van der Waals surface area contributed by atoms with Gasteiger partial charge in [0.2, 0.25) is 0 Å². The smallest absolute Gasteiger partial charge is 0.399 e. The van der Waals surface area contributed by atoms with Crippen LogP contribution in [0.15, 0.2) is 30.5 Å². The van der Waals surface area contributed by atoms with Gasteiger partial charge in [-0.2, -0.15) is 0 Å². The predicted octanol–water partition coefficient (Wildman–Crippen LogP) is 2.67.